The zero-order valence-electron chi connectivity index (χ0n) is 6.29. The molecule has 2 heteroatoms. The van der Waals surface area contributed by atoms with Crippen molar-refractivity contribution in [3.05, 3.63) is 12.7 Å². The van der Waals surface area contributed by atoms with Crippen LogP contribution in [0.5, 0.6) is 0 Å². The highest BCUT2D eigenvalue weighted by molar-refractivity contribution is 4.91. The lowest BCUT2D eigenvalue weighted by molar-refractivity contribution is 0.202. The highest BCUT2D eigenvalue weighted by Gasteiger charge is 2.20. The van der Waals surface area contributed by atoms with E-state index in [1.807, 2.05) is 6.08 Å². The summed E-state index contributed by atoms with van der Waals surface area (Å²) in [7, 11) is 0. The second kappa shape index (κ2) is 3.74. The van der Waals surface area contributed by atoms with Crippen molar-refractivity contribution in [3.8, 4) is 0 Å². The Morgan fingerprint density at radius 1 is 1.70 bits per heavy atom. The Morgan fingerprint density at radius 3 is 3.10 bits per heavy atom. The van der Waals surface area contributed by atoms with Crippen molar-refractivity contribution in [2.24, 2.45) is 0 Å². The summed E-state index contributed by atoms with van der Waals surface area (Å²) in [6.07, 6.45) is 4.43. The summed E-state index contributed by atoms with van der Waals surface area (Å²) in [6, 6.07) is 0.521. The molecule has 1 rings (SSSR count). The lowest BCUT2D eigenvalue weighted by Crippen LogP contribution is -2.30. The second-order valence-electron chi connectivity index (χ2n) is 2.70. The molecular formula is C8H15NO. The molecule has 1 unspecified atom stereocenters. The normalized spacial score (nSPS) is 27.1. The number of β-amino-alcohol motifs (C(OH)–C–C–N with tert-alkyl or cyclic N) is 1. The molecule has 1 N–H and O–H groups in total. The van der Waals surface area contributed by atoms with E-state index in [0.29, 0.717) is 6.04 Å². The first kappa shape index (κ1) is 7.76. The Labute approximate surface area is 62.2 Å². The van der Waals surface area contributed by atoms with Crippen LogP contribution in [0, 0.1) is 0 Å². The molecule has 0 radical (unpaired) electrons. The molecule has 1 aliphatic rings. The van der Waals surface area contributed by atoms with E-state index in [-0.39, 0.29) is 6.61 Å². The SMILES string of the molecule is C=CC1CCCN1CCO. The van der Waals surface area contributed by atoms with E-state index in [0.717, 1.165) is 13.1 Å². The molecule has 2 nitrogen and oxygen atoms in total. The van der Waals surface area contributed by atoms with Gasteiger partial charge in [0.15, 0.2) is 0 Å². The summed E-state index contributed by atoms with van der Waals surface area (Å²) in [6.45, 7) is 5.94. The Kier molecular flexibility index (Phi) is 2.90. The Bertz CT molecular complexity index is 114. The minimum absolute atomic E-state index is 0.268. The van der Waals surface area contributed by atoms with Crippen molar-refractivity contribution in [2.45, 2.75) is 18.9 Å². The minimum Gasteiger partial charge on any atom is -0.395 e. The maximum absolute atomic E-state index is 8.66. The lowest BCUT2D eigenvalue weighted by Gasteiger charge is -2.19. The fourth-order valence-corrected chi connectivity index (χ4v) is 1.52. The third-order valence-electron chi connectivity index (χ3n) is 2.07. The first-order valence-corrected chi connectivity index (χ1v) is 3.86. The van der Waals surface area contributed by atoms with E-state index >= 15 is 0 Å². The molecule has 10 heavy (non-hydrogen) atoms. The summed E-state index contributed by atoms with van der Waals surface area (Å²) < 4.78 is 0. The van der Waals surface area contributed by atoms with Gasteiger partial charge in [0.1, 0.15) is 0 Å². The fraction of sp³-hybridized carbons (Fsp3) is 0.750. The molecule has 0 bridgehead atoms. The number of nitrogens with zero attached hydrogens (tertiary/aromatic N) is 1. The van der Waals surface area contributed by atoms with Crippen molar-refractivity contribution >= 4 is 0 Å². The minimum atomic E-state index is 0.268. The number of likely N-dealkylation sites (tertiary alicyclic amines) is 1. The lowest BCUT2D eigenvalue weighted by atomic mass is 10.2. The summed E-state index contributed by atoms with van der Waals surface area (Å²) in [5, 5.41) is 8.66. The van der Waals surface area contributed by atoms with Crippen LogP contribution in [0.15, 0.2) is 12.7 Å². The van der Waals surface area contributed by atoms with Crippen molar-refractivity contribution in [2.75, 3.05) is 19.7 Å². The molecule has 1 aliphatic heterocycles. The molecule has 1 fully saturated rings. The van der Waals surface area contributed by atoms with Gasteiger partial charge in [0, 0.05) is 12.6 Å². The Balaban J connectivity index is 2.34. The number of hydrogen-bond donors (Lipinski definition) is 1. The highest BCUT2D eigenvalue weighted by Crippen LogP contribution is 2.16. The largest absolute Gasteiger partial charge is 0.395 e. The third kappa shape index (κ3) is 1.58. The molecule has 1 heterocycles. The van der Waals surface area contributed by atoms with E-state index in [9.17, 15) is 0 Å². The number of rotatable bonds is 3. The fourth-order valence-electron chi connectivity index (χ4n) is 1.52. The summed E-state index contributed by atoms with van der Waals surface area (Å²) in [4.78, 5) is 2.27. The summed E-state index contributed by atoms with van der Waals surface area (Å²) >= 11 is 0. The summed E-state index contributed by atoms with van der Waals surface area (Å²) in [5.41, 5.74) is 0. The molecule has 0 aromatic rings. The van der Waals surface area contributed by atoms with Crippen molar-refractivity contribution < 1.29 is 5.11 Å². The maximum atomic E-state index is 8.66. The van der Waals surface area contributed by atoms with Gasteiger partial charge in [-0.2, -0.15) is 0 Å². The monoisotopic (exact) mass is 141 g/mol. The van der Waals surface area contributed by atoms with E-state index in [1.54, 1.807) is 0 Å². The van der Waals surface area contributed by atoms with Crippen LogP contribution in [0.4, 0.5) is 0 Å². The van der Waals surface area contributed by atoms with Crippen molar-refractivity contribution in [3.63, 3.8) is 0 Å². The topological polar surface area (TPSA) is 23.5 Å². The van der Waals surface area contributed by atoms with Gasteiger partial charge in [-0.1, -0.05) is 6.08 Å². The van der Waals surface area contributed by atoms with Crippen molar-refractivity contribution in [1.82, 2.24) is 4.90 Å². The Hall–Kier alpha value is -0.340. The van der Waals surface area contributed by atoms with Gasteiger partial charge in [-0.15, -0.1) is 6.58 Å². The third-order valence-corrected chi connectivity index (χ3v) is 2.07. The quantitative estimate of drug-likeness (QED) is 0.583. The van der Waals surface area contributed by atoms with Crippen LogP contribution in [-0.2, 0) is 0 Å². The van der Waals surface area contributed by atoms with Gasteiger partial charge in [0.2, 0.25) is 0 Å². The standard InChI is InChI=1S/C8H15NO/c1-2-8-4-3-5-9(8)6-7-10/h2,8,10H,1,3-7H2. The van der Waals surface area contributed by atoms with Gasteiger partial charge >= 0.3 is 0 Å². The summed E-state index contributed by atoms with van der Waals surface area (Å²) in [5.74, 6) is 0. The Morgan fingerprint density at radius 2 is 2.50 bits per heavy atom. The number of aliphatic hydroxyl groups is 1. The van der Waals surface area contributed by atoms with Gasteiger partial charge in [0.05, 0.1) is 6.61 Å². The van der Waals surface area contributed by atoms with E-state index < -0.39 is 0 Å². The predicted octanol–water partition coefficient (Wildman–Crippen LogP) is 0.629. The highest BCUT2D eigenvalue weighted by atomic mass is 16.3. The van der Waals surface area contributed by atoms with Gasteiger partial charge < -0.3 is 5.11 Å². The van der Waals surface area contributed by atoms with Crippen LogP contribution in [0.3, 0.4) is 0 Å². The van der Waals surface area contributed by atoms with E-state index in [1.165, 1.54) is 12.8 Å². The molecule has 1 saturated heterocycles. The zero-order valence-corrected chi connectivity index (χ0v) is 6.29. The second-order valence-corrected chi connectivity index (χ2v) is 2.70. The van der Waals surface area contributed by atoms with Crippen LogP contribution in [0.25, 0.3) is 0 Å². The molecule has 58 valence electrons. The van der Waals surface area contributed by atoms with Gasteiger partial charge in [0.25, 0.3) is 0 Å². The molecule has 0 spiro atoms. The van der Waals surface area contributed by atoms with E-state index in [4.69, 9.17) is 5.11 Å². The van der Waals surface area contributed by atoms with Crippen LogP contribution < -0.4 is 0 Å². The molecule has 0 aromatic heterocycles. The molecule has 0 aliphatic carbocycles. The average molecular weight is 141 g/mol. The average Bonchev–Trinajstić information content (AvgIpc) is 2.36. The van der Waals surface area contributed by atoms with Crippen LogP contribution in [0.1, 0.15) is 12.8 Å². The smallest absolute Gasteiger partial charge is 0.0558 e. The van der Waals surface area contributed by atoms with Crippen LogP contribution in [0.2, 0.25) is 0 Å². The van der Waals surface area contributed by atoms with Gasteiger partial charge in [-0.05, 0) is 19.4 Å². The number of hydrogen-bond acceptors (Lipinski definition) is 2. The number of aliphatic hydroxyl groups excluding tert-OH is 1. The van der Waals surface area contributed by atoms with Crippen molar-refractivity contribution in [1.29, 1.82) is 0 Å². The first-order chi connectivity index (χ1) is 4.88. The molecule has 0 saturated carbocycles. The van der Waals surface area contributed by atoms with E-state index in [2.05, 4.69) is 11.5 Å². The molecule has 0 amide bonds. The molecular weight excluding hydrogens is 126 g/mol. The van der Waals surface area contributed by atoms with Crippen LogP contribution in [-0.4, -0.2) is 35.7 Å². The maximum Gasteiger partial charge on any atom is 0.0558 e. The molecule has 0 aromatic carbocycles. The van der Waals surface area contributed by atoms with Crippen LogP contribution >= 0.6 is 0 Å². The first-order valence-electron chi connectivity index (χ1n) is 3.86. The zero-order chi connectivity index (χ0) is 7.40. The van der Waals surface area contributed by atoms with Gasteiger partial charge in [-0.25, -0.2) is 0 Å². The van der Waals surface area contributed by atoms with Gasteiger partial charge in [-0.3, -0.25) is 4.90 Å². The predicted molar refractivity (Wildman–Crippen MR) is 41.9 cm³/mol. The molecule has 1 atom stereocenters.